The third-order valence-electron chi connectivity index (χ3n) is 7.63. The summed E-state index contributed by atoms with van der Waals surface area (Å²) < 4.78 is 11.1. The fourth-order valence-corrected chi connectivity index (χ4v) is 6.47. The van der Waals surface area contributed by atoms with Crippen LogP contribution < -0.4 is 4.74 Å². The molecule has 5 atom stereocenters. The molecule has 2 fully saturated rings. The molecule has 0 spiro atoms. The first-order valence-electron chi connectivity index (χ1n) is 10.3. The van der Waals surface area contributed by atoms with Crippen LogP contribution in [0.5, 0.6) is 5.75 Å². The minimum absolute atomic E-state index is 0.163. The number of rotatable bonds is 2. The minimum atomic E-state index is -0.770. The monoisotopic (exact) mass is 380 g/mol. The fraction of sp³-hybridized carbons (Fsp3) is 0.583. The van der Waals surface area contributed by atoms with Gasteiger partial charge in [0.2, 0.25) is 0 Å². The SMILES string of the molecule is C#C[C@]1(OC(C)=O)CC[C@@H]2[C@H]3CCc4cc(OC(C)=O)ccc4[C@H]3CC[C@@]21C. The average molecular weight is 380 g/mol. The molecule has 0 unspecified atom stereocenters. The van der Waals surface area contributed by atoms with Crippen LogP contribution in [0.25, 0.3) is 0 Å². The van der Waals surface area contributed by atoms with Crippen molar-refractivity contribution in [1.29, 1.82) is 0 Å². The summed E-state index contributed by atoms with van der Waals surface area (Å²) >= 11 is 0. The van der Waals surface area contributed by atoms with Crippen molar-refractivity contribution < 1.29 is 19.1 Å². The van der Waals surface area contributed by atoms with Crippen molar-refractivity contribution in [2.24, 2.45) is 17.3 Å². The van der Waals surface area contributed by atoms with Crippen molar-refractivity contribution >= 4 is 11.9 Å². The molecule has 0 N–H and O–H groups in total. The number of hydrogen-bond donors (Lipinski definition) is 0. The highest BCUT2D eigenvalue weighted by Gasteiger charge is 2.63. The number of fused-ring (bicyclic) bond motifs is 5. The molecule has 0 saturated heterocycles. The lowest BCUT2D eigenvalue weighted by Gasteiger charge is -2.52. The van der Waals surface area contributed by atoms with Gasteiger partial charge in [0.25, 0.3) is 0 Å². The summed E-state index contributed by atoms with van der Waals surface area (Å²) in [7, 11) is 0. The van der Waals surface area contributed by atoms with Crippen LogP contribution in [0.4, 0.5) is 0 Å². The van der Waals surface area contributed by atoms with Crippen LogP contribution in [0.1, 0.15) is 69.9 Å². The molecule has 148 valence electrons. The van der Waals surface area contributed by atoms with E-state index in [2.05, 4.69) is 18.9 Å². The molecule has 0 heterocycles. The van der Waals surface area contributed by atoms with E-state index in [1.807, 2.05) is 12.1 Å². The Bertz CT molecular complexity index is 866. The van der Waals surface area contributed by atoms with E-state index in [-0.39, 0.29) is 17.4 Å². The zero-order valence-electron chi connectivity index (χ0n) is 16.9. The van der Waals surface area contributed by atoms with Gasteiger partial charge in [-0.25, -0.2) is 0 Å². The molecule has 0 radical (unpaired) electrons. The van der Waals surface area contributed by atoms with Crippen LogP contribution in [0.15, 0.2) is 18.2 Å². The molecule has 4 rings (SSSR count). The van der Waals surface area contributed by atoms with E-state index in [0.717, 1.165) is 38.5 Å². The highest BCUT2D eigenvalue weighted by Crippen LogP contribution is 2.65. The van der Waals surface area contributed by atoms with E-state index < -0.39 is 5.60 Å². The molecule has 2 saturated carbocycles. The molecular formula is C24H28O4. The van der Waals surface area contributed by atoms with Crippen LogP contribution in [-0.2, 0) is 20.7 Å². The Kier molecular flexibility index (Phi) is 4.53. The van der Waals surface area contributed by atoms with Gasteiger partial charge in [0.1, 0.15) is 5.75 Å². The predicted octanol–water partition coefficient (Wildman–Crippen LogP) is 4.40. The van der Waals surface area contributed by atoms with E-state index in [1.54, 1.807) is 0 Å². The zero-order chi connectivity index (χ0) is 20.1. The van der Waals surface area contributed by atoms with Crippen molar-refractivity contribution in [2.45, 2.75) is 70.8 Å². The largest absolute Gasteiger partial charge is 0.445 e. The van der Waals surface area contributed by atoms with Crippen molar-refractivity contribution in [3.63, 3.8) is 0 Å². The summed E-state index contributed by atoms with van der Waals surface area (Å²) in [6, 6.07) is 6.08. The standard InChI is InChI=1S/C24H28O4/c1-5-24(28-16(3)26)13-11-22-21-8-6-17-14-18(27-15(2)25)7-9-19(17)20(21)10-12-23(22,24)4/h1,7,9,14,20-22H,6,8,10-13H2,2-4H3/t20-,21+,22-,23+,24+/m1/s1. The van der Waals surface area contributed by atoms with E-state index >= 15 is 0 Å². The second-order valence-electron chi connectivity index (χ2n) is 8.93. The third-order valence-corrected chi connectivity index (χ3v) is 7.63. The van der Waals surface area contributed by atoms with E-state index in [1.165, 1.54) is 25.0 Å². The van der Waals surface area contributed by atoms with Gasteiger partial charge < -0.3 is 9.47 Å². The van der Waals surface area contributed by atoms with Crippen LogP contribution in [-0.4, -0.2) is 17.5 Å². The molecule has 0 amide bonds. The number of benzene rings is 1. The number of carbonyl (C=O) groups excluding carboxylic acids is 2. The molecule has 4 heteroatoms. The summed E-state index contributed by atoms with van der Waals surface area (Å²) in [4.78, 5) is 23.0. The average Bonchev–Trinajstić information content (AvgIpc) is 2.93. The molecule has 1 aromatic rings. The number of terminal acetylenes is 1. The van der Waals surface area contributed by atoms with Crippen molar-refractivity contribution in [1.82, 2.24) is 0 Å². The number of carbonyl (C=O) groups is 2. The summed E-state index contributed by atoms with van der Waals surface area (Å²) in [5.74, 6) is 4.47. The van der Waals surface area contributed by atoms with Gasteiger partial charge in [-0.3, -0.25) is 9.59 Å². The Labute approximate surface area is 167 Å². The van der Waals surface area contributed by atoms with Gasteiger partial charge in [0.15, 0.2) is 5.60 Å². The van der Waals surface area contributed by atoms with Crippen LogP contribution >= 0.6 is 0 Å². The summed E-state index contributed by atoms with van der Waals surface area (Å²) in [6.45, 7) is 5.13. The maximum absolute atomic E-state index is 11.8. The van der Waals surface area contributed by atoms with Gasteiger partial charge >= 0.3 is 11.9 Å². The second kappa shape index (κ2) is 6.65. The molecule has 0 bridgehead atoms. The molecule has 0 aliphatic heterocycles. The van der Waals surface area contributed by atoms with Gasteiger partial charge in [-0.2, -0.15) is 0 Å². The topological polar surface area (TPSA) is 52.6 Å². The zero-order valence-corrected chi connectivity index (χ0v) is 16.9. The lowest BCUT2D eigenvalue weighted by Crippen LogP contribution is -2.52. The number of esters is 2. The van der Waals surface area contributed by atoms with Gasteiger partial charge in [-0.1, -0.05) is 18.9 Å². The highest BCUT2D eigenvalue weighted by molar-refractivity contribution is 5.69. The van der Waals surface area contributed by atoms with Gasteiger partial charge in [-0.05, 0) is 79.5 Å². The quantitative estimate of drug-likeness (QED) is 0.433. The lowest BCUT2D eigenvalue weighted by molar-refractivity contribution is -0.165. The maximum Gasteiger partial charge on any atom is 0.308 e. The Morgan fingerprint density at radius 3 is 2.61 bits per heavy atom. The molecule has 0 aromatic heterocycles. The van der Waals surface area contributed by atoms with Crippen LogP contribution in [0.3, 0.4) is 0 Å². The van der Waals surface area contributed by atoms with Crippen molar-refractivity contribution in [3.05, 3.63) is 29.3 Å². The van der Waals surface area contributed by atoms with Crippen molar-refractivity contribution in [2.75, 3.05) is 0 Å². The molecule has 4 nitrogen and oxygen atoms in total. The number of ether oxygens (including phenoxy) is 2. The molecular weight excluding hydrogens is 352 g/mol. The van der Waals surface area contributed by atoms with Crippen molar-refractivity contribution in [3.8, 4) is 18.1 Å². The lowest BCUT2D eigenvalue weighted by atomic mass is 9.53. The Balaban J connectivity index is 1.64. The van der Waals surface area contributed by atoms with Gasteiger partial charge in [-0.15, -0.1) is 6.42 Å². The number of hydrogen-bond acceptors (Lipinski definition) is 4. The number of aryl methyl sites for hydroxylation is 1. The summed E-state index contributed by atoms with van der Waals surface area (Å²) in [6.07, 6.45) is 11.8. The van der Waals surface area contributed by atoms with Gasteiger partial charge in [0.05, 0.1) is 0 Å². The third kappa shape index (κ3) is 2.75. The Morgan fingerprint density at radius 2 is 1.93 bits per heavy atom. The maximum atomic E-state index is 11.8. The normalized spacial score (nSPS) is 35.7. The first-order chi connectivity index (χ1) is 13.3. The van der Waals surface area contributed by atoms with E-state index in [9.17, 15) is 9.59 Å². The molecule has 1 aromatic carbocycles. The highest BCUT2D eigenvalue weighted by atomic mass is 16.6. The van der Waals surface area contributed by atoms with Gasteiger partial charge in [0, 0.05) is 19.3 Å². The summed E-state index contributed by atoms with van der Waals surface area (Å²) in [5, 5.41) is 0. The molecule has 3 aliphatic carbocycles. The Morgan fingerprint density at radius 1 is 1.14 bits per heavy atom. The summed E-state index contributed by atoms with van der Waals surface area (Å²) in [5.41, 5.74) is 1.75. The van der Waals surface area contributed by atoms with Crippen LogP contribution in [0.2, 0.25) is 0 Å². The van der Waals surface area contributed by atoms with E-state index in [0.29, 0.717) is 23.5 Å². The molecule has 3 aliphatic rings. The molecule has 28 heavy (non-hydrogen) atoms. The van der Waals surface area contributed by atoms with Crippen LogP contribution in [0, 0.1) is 29.6 Å². The second-order valence-corrected chi connectivity index (χ2v) is 8.93. The smallest absolute Gasteiger partial charge is 0.308 e. The first-order valence-corrected chi connectivity index (χ1v) is 10.3. The predicted molar refractivity (Wildman–Crippen MR) is 106 cm³/mol. The fourth-order valence-electron chi connectivity index (χ4n) is 6.47. The Hall–Kier alpha value is -2.28. The van der Waals surface area contributed by atoms with E-state index in [4.69, 9.17) is 15.9 Å². The minimum Gasteiger partial charge on any atom is -0.445 e. The first kappa shape index (κ1) is 19.1.